The topological polar surface area (TPSA) is 185 Å². The van der Waals surface area contributed by atoms with Gasteiger partial charge in [0.05, 0.1) is 22.3 Å². The Kier molecular flexibility index (Phi) is 17.3. The van der Waals surface area contributed by atoms with Gasteiger partial charge < -0.3 is 42.6 Å². The van der Waals surface area contributed by atoms with Crippen molar-refractivity contribution in [3.05, 3.63) is 200 Å². The summed E-state index contributed by atoms with van der Waals surface area (Å²) in [4.78, 5) is 75.2. The number of ether oxygens (including phenoxy) is 9. The van der Waals surface area contributed by atoms with Gasteiger partial charge in [-0.3, -0.25) is 4.79 Å². The Bertz CT molecular complexity index is 3260. The van der Waals surface area contributed by atoms with Crippen LogP contribution in [-0.4, -0.2) is 62.1 Å². The maximum absolute atomic E-state index is 13.3. The molecule has 0 spiro atoms. The van der Waals surface area contributed by atoms with Crippen LogP contribution in [0, 0.1) is 0 Å². The lowest BCUT2D eigenvalue weighted by Crippen LogP contribution is -2.13. The van der Waals surface area contributed by atoms with Crippen LogP contribution in [0.1, 0.15) is 61.2 Å². The molecule has 15 nitrogen and oxygen atoms in total. The minimum absolute atomic E-state index is 0.00586. The third-order valence-corrected chi connectivity index (χ3v) is 10.4. The molecule has 0 radical (unpaired) electrons. The van der Waals surface area contributed by atoms with Crippen molar-refractivity contribution in [2.75, 3.05) is 26.4 Å². The highest BCUT2D eigenvalue weighted by atomic mass is 16.6. The smallest absolute Gasteiger partial charge is 0.343 e. The molecule has 0 aliphatic carbocycles. The quantitative estimate of drug-likeness (QED) is 0.0147. The number of rotatable bonds is 23. The molecule has 0 aliphatic heterocycles. The van der Waals surface area contributed by atoms with Gasteiger partial charge in [-0.05, 0) is 130 Å². The number of hydrogen-bond acceptors (Lipinski definition) is 15. The molecule has 0 bridgehead atoms. The molecule has 0 saturated heterocycles. The molecular formula is C57H46O15. The predicted molar refractivity (Wildman–Crippen MR) is 266 cm³/mol. The molecular weight excluding hydrogens is 925 g/mol. The summed E-state index contributed by atoms with van der Waals surface area (Å²) in [7, 11) is 0. The lowest BCUT2D eigenvalue weighted by Gasteiger charge is -2.12. The normalized spacial score (nSPS) is 11.0. The SMILES string of the molecule is C=CC(=O)OCCOC=COc1ccc2cc(C(=O)OCCOC=COc3ccc4cc(C(=O)Oc5ccc(OC(=O)c6ccc7cc(OC(=O)C=C)ccc7c6)c(C(=O)CCC)c5)ccc4c3)ccc2c1. The van der Waals surface area contributed by atoms with Gasteiger partial charge in [0.15, 0.2) is 5.78 Å². The molecule has 7 aromatic rings. The molecule has 15 heteroatoms. The number of carbonyl (C=O) groups excluding carboxylic acids is 6. The van der Waals surface area contributed by atoms with E-state index in [2.05, 4.69) is 13.2 Å². The molecule has 72 heavy (non-hydrogen) atoms. The van der Waals surface area contributed by atoms with Crippen LogP contribution in [-0.2, 0) is 28.5 Å². The lowest BCUT2D eigenvalue weighted by molar-refractivity contribution is -0.138. The van der Waals surface area contributed by atoms with Gasteiger partial charge in [-0.2, -0.15) is 0 Å². The van der Waals surface area contributed by atoms with Gasteiger partial charge in [-0.25, -0.2) is 24.0 Å². The fourth-order valence-electron chi connectivity index (χ4n) is 6.93. The van der Waals surface area contributed by atoms with Gasteiger partial charge in [-0.1, -0.05) is 56.5 Å². The molecule has 0 aliphatic rings. The van der Waals surface area contributed by atoms with Crippen molar-refractivity contribution >= 4 is 67.9 Å². The van der Waals surface area contributed by atoms with Crippen LogP contribution in [0.4, 0.5) is 0 Å². The van der Waals surface area contributed by atoms with Crippen molar-refractivity contribution in [3.63, 3.8) is 0 Å². The van der Waals surface area contributed by atoms with Crippen LogP contribution < -0.4 is 23.7 Å². The molecule has 7 aromatic carbocycles. The highest BCUT2D eigenvalue weighted by Gasteiger charge is 2.20. The number of fused-ring (bicyclic) bond motifs is 3. The predicted octanol–water partition coefficient (Wildman–Crippen LogP) is 11.0. The van der Waals surface area contributed by atoms with E-state index in [0.29, 0.717) is 34.6 Å². The van der Waals surface area contributed by atoms with Gasteiger partial charge in [0.25, 0.3) is 0 Å². The van der Waals surface area contributed by atoms with E-state index >= 15 is 0 Å². The first-order chi connectivity index (χ1) is 35.0. The van der Waals surface area contributed by atoms with E-state index in [-0.39, 0.29) is 66.8 Å². The first-order valence-electron chi connectivity index (χ1n) is 22.4. The number of carbonyl (C=O) groups is 6. The second-order valence-electron chi connectivity index (χ2n) is 15.4. The summed E-state index contributed by atoms with van der Waals surface area (Å²) < 4.78 is 48.7. The first kappa shape index (κ1) is 50.4. The summed E-state index contributed by atoms with van der Waals surface area (Å²) in [6.07, 6.45) is 8.22. The van der Waals surface area contributed by atoms with Crippen molar-refractivity contribution in [1.82, 2.24) is 0 Å². The highest BCUT2D eigenvalue weighted by Crippen LogP contribution is 2.30. The van der Waals surface area contributed by atoms with Gasteiger partial charge in [0.2, 0.25) is 0 Å². The van der Waals surface area contributed by atoms with E-state index < -0.39 is 29.8 Å². The third-order valence-electron chi connectivity index (χ3n) is 10.4. The zero-order valence-electron chi connectivity index (χ0n) is 38.9. The van der Waals surface area contributed by atoms with Crippen molar-refractivity contribution in [2.24, 2.45) is 0 Å². The summed E-state index contributed by atoms with van der Waals surface area (Å²) >= 11 is 0. The molecule has 364 valence electrons. The number of esters is 5. The Morgan fingerprint density at radius 3 is 1.42 bits per heavy atom. The van der Waals surface area contributed by atoms with Gasteiger partial charge in [-0.15, -0.1) is 0 Å². The van der Waals surface area contributed by atoms with Crippen LogP contribution in [0.25, 0.3) is 32.3 Å². The highest BCUT2D eigenvalue weighted by molar-refractivity contribution is 6.03. The Balaban J connectivity index is 0.864. The molecule has 0 aromatic heterocycles. The summed E-state index contributed by atoms with van der Waals surface area (Å²) in [5.41, 5.74) is 0.936. The summed E-state index contributed by atoms with van der Waals surface area (Å²) in [6.45, 7) is 8.87. The Labute approximate surface area is 413 Å². The van der Waals surface area contributed by atoms with Crippen LogP contribution in [0.3, 0.4) is 0 Å². The van der Waals surface area contributed by atoms with E-state index in [1.807, 2.05) is 13.0 Å². The Hall–Kier alpha value is -9.50. The van der Waals surface area contributed by atoms with Crippen molar-refractivity contribution in [1.29, 1.82) is 0 Å². The minimum Gasteiger partial charge on any atom is -0.494 e. The number of Topliss-reactive ketones (excluding diaryl/α,β-unsaturated/α-hetero) is 1. The van der Waals surface area contributed by atoms with Gasteiger partial charge in [0.1, 0.15) is 80.2 Å². The number of hydrogen-bond donors (Lipinski definition) is 0. The monoisotopic (exact) mass is 970 g/mol. The maximum atomic E-state index is 13.3. The van der Waals surface area contributed by atoms with Crippen LogP contribution in [0.2, 0.25) is 0 Å². The summed E-state index contributed by atoms with van der Waals surface area (Å²) in [6, 6.07) is 34.8. The van der Waals surface area contributed by atoms with Crippen LogP contribution >= 0.6 is 0 Å². The van der Waals surface area contributed by atoms with Crippen LogP contribution in [0.15, 0.2) is 178 Å². The molecule has 0 fully saturated rings. The van der Waals surface area contributed by atoms with Crippen LogP contribution in [0.5, 0.6) is 28.7 Å². The lowest BCUT2D eigenvalue weighted by atomic mass is 10.0. The van der Waals surface area contributed by atoms with E-state index in [0.717, 1.165) is 39.1 Å². The molecule has 0 heterocycles. The summed E-state index contributed by atoms with van der Waals surface area (Å²) in [5.74, 6) is -1.82. The molecule has 0 unspecified atom stereocenters. The van der Waals surface area contributed by atoms with E-state index in [4.69, 9.17) is 42.6 Å². The fourth-order valence-corrected chi connectivity index (χ4v) is 6.93. The first-order valence-corrected chi connectivity index (χ1v) is 22.4. The molecule has 0 amide bonds. The zero-order valence-corrected chi connectivity index (χ0v) is 38.9. The zero-order chi connectivity index (χ0) is 50.8. The standard InChI is InChI=1S/C57H46O15/c1-4-7-51(58)50-36-49(20-21-52(50)72-57(63)45-13-10-42-35-48(70-54(60)6-3)19-16-39(42)32-45)71-56(62)44-12-9-41-34-47(18-15-38(41)31-44)67-27-23-65-25-29-69-55(61)43-11-8-40-33-46(17-14-37(40)30-43)66-26-22-64-24-28-68-53(59)5-2/h5-6,8-23,26-27,30-36H,2-4,7,24-25,28-29H2,1H3. The van der Waals surface area contributed by atoms with Crippen molar-refractivity contribution in [2.45, 2.75) is 19.8 Å². The van der Waals surface area contributed by atoms with Gasteiger partial charge in [0, 0.05) is 18.6 Å². The van der Waals surface area contributed by atoms with E-state index in [9.17, 15) is 28.8 Å². The Morgan fingerprint density at radius 1 is 0.431 bits per heavy atom. The van der Waals surface area contributed by atoms with Gasteiger partial charge >= 0.3 is 29.8 Å². The average Bonchev–Trinajstić information content (AvgIpc) is 3.39. The molecule has 0 atom stereocenters. The van der Waals surface area contributed by atoms with Crippen molar-refractivity contribution < 1.29 is 71.4 Å². The number of ketones is 1. The summed E-state index contributed by atoms with van der Waals surface area (Å²) in [5, 5.41) is 4.56. The minimum atomic E-state index is -0.704. The number of benzene rings is 7. The average molecular weight is 971 g/mol. The second kappa shape index (κ2) is 24.7. The second-order valence-corrected chi connectivity index (χ2v) is 15.4. The largest absolute Gasteiger partial charge is 0.494 e. The maximum Gasteiger partial charge on any atom is 0.343 e. The molecule has 0 N–H and O–H groups in total. The Morgan fingerprint density at radius 2 is 0.875 bits per heavy atom. The van der Waals surface area contributed by atoms with E-state index in [1.165, 1.54) is 43.2 Å². The molecule has 7 rings (SSSR count). The van der Waals surface area contributed by atoms with Crippen molar-refractivity contribution in [3.8, 4) is 28.7 Å². The third kappa shape index (κ3) is 13.8. The molecule has 0 saturated carbocycles. The fraction of sp³-hybridized carbons (Fsp3) is 0.123. The van der Waals surface area contributed by atoms with E-state index in [1.54, 1.807) is 103 Å².